The molecule has 0 aliphatic heterocycles. The van der Waals surface area contributed by atoms with Crippen LogP contribution in [0.4, 0.5) is 17.6 Å². The largest absolute Gasteiger partial charge is 0.477 e. The molecule has 0 amide bonds. The van der Waals surface area contributed by atoms with Crippen LogP contribution in [0.1, 0.15) is 28.4 Å². The van der Waals surface area contributed by atoms with Gasteiger partial charge < -0.3 is 9.52 Å². The number of alkyl halides is 3. The number of benzene rings is 2. The van der Waals surface area contributed by atoms with Gasteiger partial charge in [0.15, 0.2) is 5.58 Å². The SMILES string of the molecule is CCn1c(=O)oc2cc(-n3cc(C(=O)O)c(=O)n(Cc4cccc(F)c4C(F)(F)F)c3=O)ccc21. The molecule has 0 saturated carbocycles. The Hall–Kier alpha value is -4.42. The predicted molar refractivity (Wildman–Crippen MR) is 113 cm³/mol. The number of halogens is 4. The predicted octanol–water partition coefficient (Wildman–Crippen LogP) is 2.83. The fraction of sp³-hybridized carbons (Fsp3) is 0.182. The minimum atomic E-state index is -5.14. The number of hydrogen-bond donors (Lipinski definition) is 1. The minimum Gasteiger partial charge on any atom is -0.477 e. The highest BCUT2D eigenvalue weighted by atomic mass is 19.4. The lowest BCUT2D eigenvalue weighted by atomic mass is 10.1. The maximum Gasteiger partial charge on any atom is 0.419 e. The Labute approximate surface area is 191 Å². The Morgan fingerprint density at radius 2 is 1.80 bits per heavy atom. The second-order valence-corrected chi connectivity index (χ2v) is 7.43. The van der Waals surface area contributed by atoms with Gasteiger partial charge in [-0.25, -0.2) is 18.8 Å². The molecule has 4 aromatic rings. The molecule has 0 unspecified atom stereocenters. The summed E-state index contributed by atoms with van der Waals surface area (Å²) >= 11 is 0. The molecule has 13 heteroatoms. The van der Waals surface area contributed by atoms with Gasteiger partial charge in [0.25, 0.3) is 5.56 Å². The van der Waals surface area contributed by atoms with Crippen LogP contribution in [0.15, 0.2) is 61.4 Å². The molecule has 2 aromatic carbocycles. The molecular weight excluding hydrogens is 478 g/mol. The summed E-state index contributed by atoms with van der Waals surface area (Å²) in [4.78, 5) is 49.5. The van der Waals surface area contributed by atoms with Gasteiger partial charge in [-0.2, -0.15) is 13.2 Å². The third-order valence-electron chi connectivity index (χ3n) is 5.36. The van der Waals surface area contributed by atoms with Gasteiger partial charge in [0.1, 0.15) is 11.4 Å². The smallest absolute Gasteiger partial charge is 0.419 e. The Morgan fingerprint density at radius 1 is 1.09 bits per heavy atom. The highest BCUT2D eigenvalue weighted by Gasteiger charge is 2.37. The third-order valence-corrected chi connectivity index (χ3v) is 5.36. The van der Waals surface area contributed by atoms with Crippen LogP contribution in [0.25, 0.3) is 16.8 Å². The van der Waals surface area contributed by atoms with E-state index in [0.717, 1.165) is 22.9 Å². The van der Waals surface area contributed by atoms with Crippen molar-refractivity contribution in [1.29, 1.82) is 0 Å². The number of oxazole rings is 1. The second-order valence-electron chi connectivity index (χ2n) is 7.43. The van der Waals surface area contributed by atoms with Gasteiger partial charge >= 0.3 is 23.6 Å². The van der Waals surface area contributed by atoms with Crippen LogP contribution in [0.5, 0.6) is 0 Å². The summed E-state index contributed by atoms with van der Waals surface area (Å²) in [5, 5.41) is 9.46. The first-order valence-corrected chi connectivity index (χ1v) is 10.0. The molecule has 2 aromatic heterocycles. The van der Waals surface area contributed by atoms with E-state index in [1.165, 1.54) is 22.8 Å². The van der Waals surface area contributed by atoms with Crippen molar-refractivity contribution < 1.29 is 31.9 Å². The van der Waals surface area contributed by atoms with Crippen molar-refractivity contribution in [2.75, 3.05) is 0 Å². The van der Waals surface area contributed by atoms with Crippen LogP contribution >= 0.6 is 0 Å². The highest BCUT2D eigenvalue weighted by molar-refractivity contribution is 5.87. The van der Waals surface area contributed by atoms with Gasteiger partial charge in [0.05, 0.1) is 23.3 Å². The zero-order valence-electron chi connectivity index (χ0n) is 17.8. The van der Waals surface area contributed by atoms with E-state index in [1.807, 2.05) is 0 Å². The number of rotatable bonds is 5. The number of aromatic carboxylic acids is 1. The van der Waals surface area contributed by atoms with Crippen molar-refractivity contribution in [2.24, 2.45) is 0 Å². The van der Waals surface area contributed by atoms with Crippen molar-refractivity contribution in [3.63, 3.8) is 0 Å². The fourth-order valence-corrected chi connectivity index (χ4v) is 3.77. The average molecular weight is 493 g/mol. The quantitative estimate of drug-likeness (QED) is 0.428. The minimum absolute atomic E-state index is 0.0222. The monoisotopic (exact) mass is 493 g/mol. The standard InChI is InChI=1S/C22H15F4N3O6/c1-2-27-15-7-6-12(8-16(15)35-21(27)34)28-10-13(19(31)32)18(30)29(20(28)33)9-11-4-3-5-14(23)17(11)22(24,25)26/h3-8,10H,2,9H2,1H3,(H,31,32). The molecule has 0 aliphatic rings. The van der Waals surface area contributed by atoms with Crippen LogP contribution in [-0.2, 0) is 19.3 Å². The normalized spacial score (nSPS) is 11.8. The van der Waals surface area contributed by atoms with Crippen molar-refractivity contribution in [2.45, 2.75) is 26.2 Å². The van der Waals surface area contributed by atoms with E-state index in [4.69, 9.17) is 4.42 Å². The first-order chi connectivity index (χ1) is 16.4. The van der Waals surface area contributed by atoms with E-state index in [2.05, 4.69) is 0 Å². The van der Waals surface area contributed by atoms with E-state index in [9.17, 15) is 41.8 Å². The third kappa shape index (κ3) is 4.05. The van der Waals surface area contributed by atoms with Crippen molar-refractivity contribution in [3.8, 4) is 5.69 Å². The molecule has 2 heterocycles. The molecule has 0 bridgehead atoms. The lowest BCUT2D eigenvalue weighted by molar-refractivity contribution is -0.140. The molecule has 0 radical (unpaired) electrons. The van der Waals surface area contributed by atoms with E-state index in [1.54, 1.807) is 6.92 Å². The summed E-state index contributed by atoms with van der Waals surface area (Å²) < 4.78 is 61.7. The number of carboxylic acids is 1. The van der Waals surface area contributed by atoms with Crippen LogP contribution in [0, 0.1) is 5.82 Å². The molecule has 1 N–H and O–H groups in total. The Kier molecular flexibility index (Phi) is 5.71. The molecule has 4 rings (SSSR count). The number of carboxylic acid groups (broad SMARTS) is 1. The number of aromatic nitrogens is 3. The molecule has 35 heavy (non-hydrogen) atoms. The molecule has 182 valence electrons. The maximum atomic E-state index is 14.0. The van der Waals surface area contributed by atoms with Gasteiger partial charge in [-0.3, -0.25) is 18.5 Å². The lowest BCUT2D eigenvalue weighted by Gasteiger charge is -2.16. The molecule has 9 nitrogen and oxygen atoms in total. The van der Waals surface area contributed by atoms with Gasteiger partial charge in [-0.1, -0.05) is 12.1 Å². The van der Waals surface area contributed by atoms with Crippen LogP contribution in [0.3, 0.4) is 0 Å². The fourth-order valence-electron chi connectivity index (χ4n) is 3.77. The maximum absolute atomic E-state index is 14.0. The van der Waals surface area contributed by atoms with Gasteiger partial charge in [-0.05, 0) is 30.7 Å². The Bertz CT molecular complexity index is 1660. The Morgan fingerprint density at radius 3 is 2.43 bits per heavy atom. The lowest BCUT2D eigenvalue weighted by Crippen LogP contribution is -2.42. The number of aryl methyl sites for hydroxylation is 1. The number of hydrogen-bond acceptors (Lipinski definition) is 5. The summed E-state index contributed by atoms with van der Waals surface area (Å²) in [6.07, 6.45) is -4.42. The average Bonchev–Trinajstić information content (AvgIpc) is 3.09. The molecule has 0 aliphatic carbocycles. The van der Waals surface area contributed by atoms with E-state index < -0.39 is 58.2 Å². The summed E-state index contributed by atoms with van der Waals surface area (Å²) in [5.74, 6) is -4.02. The van der Waals surface area contributed by atoms with Crippen LogP contribution in [-0.4, -0.2) is 24.8 Å². The zero-order chi connectivity index (χ0) is 25.7. The second kappa shape index (κ2) is 8.42. The van der Waals surface area contributed by atoms with E-state index in [-0.39, 0.29) is 22.4 Å². The molecule has 0 fully saturated rings. The van der Waals surface area contributed by atoms with Crippen molar-refractivity contribution in [1.82, 2.24) is 13.7 Å². The summed E-state index contributed by atoms with van der Waals surface area (Å²) in [5.41, 5.74) is -5.48. The summed E-state index contributed by atoms with van der Waals surface area (Å²) in [6, 6.07) is 6.44. The summed E-state index contributed by atoms with van der Waals surface area (Å²) in [6.45, 7) is 0.939. The first-order valence-electron chi connectivity index (χ1n) is 10.0. The molecule has 0 atom stereocenters. The highest BCUT2D eigenvalue weighted by Crippen LogP contribution is 2.34. The van der Waals surface area contributed by atoms with Crippen molar-refractivity contribution in [3.05, 3.63) is 96.5 Å². The molecular formula is C22H15F4N3O6. The number of carbonyl (C=O) groups is 1. The molecule has 0 saturated heterocycles. The Balaban J connectivity index is 1.96. The first kappa shape index (κ1) is 23.7. The van der Waals surface area contributed by atoms with Gasteiger partial charge in [0.2, 0.25) is 0 Å². The summed E-state index contributed by atoms with van der Waals surface area (Å²) in [7, 11) is 0. The topological polar surface area (TPSA) is 116 Å². The number of fused-ring (bicyclic) bond motifs is 1. The van der Waals surface area contributed by atoms with Crippen molar-refractivity contribution >= 4 is 17.1 Å². The zero-order valence-corrected chi connectivity index (χ0v) is 17.8. The van der Waals surface area contributed by atoms with Gasteiger partial charge in [-0.15, -0.1) is 0 Å². The number of nitrogens with zero attached hydrogens (tertiary/aromatic N) is 3. The molecule has 0 spiro atoms. The van der Waals surface area contributed by atoms with Crippen LogP contribution in [0.2, 0.25) is 0 Å². The van der Waals surface area contributed by atoms with Crippen LogP contribution < -0.4 is 17.0 Å². The van der Waals surface area contributed by atoms with E-state index in [0.29, 0.717) is 11.6 Å². The van der Waals surface area contributed by atoms with E-state index >= 15 is 0 Å². The van der Waals surface area contributed by atoms with Gasteiger partial charge in [0, 0.05) is 18.8 Å².